The van der Waals surface area contributed by atoms with Crippen molar-refractivity contribution in [1.82, 2.24) is 5.32 Å². The highest BCUT2D eigenvalue weighted by atomic mass is 16.5. The van der Waals surface area contributed by atoms with Crippen molar-refractivity contribution in [2.24, 2.45) is 0 Å². The van der Waals surface area contributed by atoms with Gasteiger partial charge in [0.05, 0.1) is 6.04 Å². The van der Waals surface area contributed by atoms with Gasteiger partial charge in [-0.1, -0.05) is 67.6 Å². The van der Waals surface area contributed by atoms with E-state index in [1.807, 2.05) is 62.4 Å². The third-order valence-electron chi connectivity index (χ3n) is 3.70. The first-order valence-electron chi connectivity index (χ1n) is 8.21. The summed E-state index contributed by atoms with van der Waals surface area (Å²) in [6, 6.07) is 18.6. The second-order valence-corrected chi connectivity index (χ2v) is 5.67. The third kappa shape index (κ3) is 4.95. The van der Waals surface area contributed by atoms with Crippen molar-refractivity contribution in [2.75, 3.05) is 0 Å². The number of esters is 1. The molecule has 0 saturated heterocycles. The molecule has 24 heavy (non-hydrogen) atoms. The molecule has 2 unspecified atom stereocenters. The largest absolute Gasteiger partial charge is 0.447 e. The van der Waals surface area contributed by atoms with Gasteiger partial charge in [-0.25, -0.2) is 0 Å². The van der Waals surface area contributed by atoms with Gasteiger partial charge in [-0.15, -0.1) is 0 Å². The van der Waals surface area contributed by atoms with Crippen molar-refractivity contribution in [3.8, 4) is 0 Å². The average molecular weight is 325 g/mol. The topological polar surface area (TPSA) is 55.4 Å². The number of nitrogens with one attached hydrogen (secondary N) is 1. The summed E-state index contributed by atoms with van der Waals surface area (Å²) >= 11 is 0. The van der Waals surface area contributed by atoms with Crippen LogP contribution in [0, 0.1) is 0 Å². The smallest absolute Gasteiger partial charge is 0.306 e. The van der Waals surface area contributed by atoms with Crippen LogP contribution in [0.2, 0.25) is 0 Å². The number of carbonyl (C=O) groups is 2. The van der Waals surface area contributed by atoms with Gasteiger partial charge in [0.25, 0.3) is 5.91 Å². The maximum Gasteiger partial charge on any atom is 0.306 e. The van der Waals surface area contributed by atoms with Gasteiger partial charge >= 0.3 is 5.97 Å². The lowest BCUT2D eigenvalue weighted by atomic mass is 10.1. The third-order valence-corrected chi connectivity index (χ3v) is 3.70. The first-order chi connectivity index (χ1) is 11.6. The van der Waals surface area contributed by atoms with Crippen LogP contribution < -0.4 is 5.32 Å². The van der Waals surface area contributed by atoms with Crippen molar-refractivity contribution >= 4 is 11.9 Å². The Hall–Kier alpha value is -2.62. The van der Waals surface area contributed by atoms with Gasteiger partial charge in [0.2, 0.25) is 6.10 Å². The van der Waals surface area contributed by atoms with Gasteiger partial charge in [0, 0.05) is 12.0 Å². The summed E-state index contributed by atoms with van der Waals surface area (Å²) in [5.41, 5.74) is 1.66. The number of carbonyl (C=O) groups excluding carboxylic acids is 2. The first kappa shape index (κ1) is 17.7. The van der Waals surface area contributed by atoms with Crippen LogP contribution >= 0.6 is 0 Å². The normalized spacial score (nSPS) is 12.9. The number of benzene rings is 2. The van der Waals surface area contributed by atoms with Gasteiger partial charge in [0.1, 0.15) is 0 Å². The van der Waals surface area contributed by atoms with Gasteiger partial charge in [-0.05, 0) is 18.9 Å². The molecule has 0 aliphatic heterocycles. The van der Waals surface area contributed by atoms with Crippen molar-refractivity contribution < 1.29 is 14.3 Å². The van der Waals surface area contributed by atoms with Crippen molar-refractivity contribution in [3.63, 3.8) is 0 Å². The summed E-state index contributed by atoms with van der Waals surface area (Å²) in [5, 5.41) is 2.93. The second kappa shape index (κ2) is 8.87. The average Bonchev–Trinajstić information content (AvgIpc) is 2.61. The Kier molecular flexibility index (Phi) is 6.55. The summed E-state index contributed by atoms with van der Waals surface area (Å²) < 4.78 is 5.42. The molecule has 2 atom stereocenters. The molecule has 2 aromatic rings. The number of hydrogen-bond acceptors (Lipinski definition) is 3. The van der Waals surface area contributed by atoms with E-state index in [-0.39, 0.29) is 17.9 Å². The molecule has 2 aromatic carbocycles. The monoisotopic (exact) mass is 325 g/mol. The van der Waals surface area contributed by atoms with Crippen molar-refractivity contribution in [1.29, 1.82) is 0 Å². The molecule has 0 aliphatic rings. The maximum atomic E-state index is 12.7. The SMILES string of the molecule is CCCC(=O)OC(C(=O)NC(C)c1ccccc1)c1ccccc1. The minimum absolute atomic E-state index is 0.171. The quantitative estimate of drug-likeness (QED) is 0.784. The van der Waals surface area contributed by atoms with Gasteiger partial charge in [-0.2, -0.15) is 0 Å². The van der Waals surface area contributed by atoms with Gasteiger partial charge < -0.3 is 10.1 Å². The van der Waals surface area contributed by atoms with Crippen LogP contribution in [0.15, 0.2) is 60.7 Å². The second-order valence-electron chi connectivity index (χ2n) is 5.67. The van der Waals surface area contributed by atoms with Crippen LogP contribution in [0.1, 0.15) is 50.0 Å². The van der Waals surface area contributed by atoms with E-state index >= 15 is 0 Å². The van der Waals surface area contributed by atoms with E-state index in [2.05, 4.69) is 5.32 Å². The van der Waals surface area contributed by atoms with E-state index < -0.39 is 6.10 Å². The Balaban J connectivity index is 2.13. The van der Waals surface area contributed by atoms with E-state index in [4.69, 9.17) is 4.74 Å². The molecule has 0 heterocycles. The van der Waals surface area contributed by atoms with Crippen LogP contribution in [-0.2, 0) is 14.3 Å². The van der Waals surface area contributed by atoms with Crippen molar-refractivity contribution in [2.45, 2.75) is 38.8 Å². The standard InChI is InChI=1S/C20H23NO3/c1-3-10-18(22)24-19(17-13-8-5-9-14-17)20(23)21-15(2)16-11-6-4-7-12-16/h4-9,11-15,19H,3,10H2,1-2H3,(H,21,23). The molecule has 126 valence electrons. The lowest BCUT2D eigenvalue weighted by molar-refractivity contribution is -0.156. The molecule has 2 rings (SSSR count). The minimum Gasteiger partial charge on any atom is -0.447 e. The minimum atomic E-state index is -0.934. The Morgan fingerprint density at radius 3 is 2.04 bits per heavy atom. The Morgan fingerprint density at radius 1 is 0.958 bits per heavy atom. The fourth-order valence-electron chi connectivity index (χ4n) is 2.41. The van der Waals surface area contributed by atoms with Crippen LogP contribution in [-0.4, -0.2) is 11.9 Å². The number of amides is 1. The predicted octanol–water partition coefficient (Wildman–Crippen LogP) is 3.95. The summed E-state index contributed by atoms with van der Waals surface area (Å²) in [4.78, 5) is 24.6. The Labute approximate surface area is 142 Å². The lowest BCUT2D eigenvalue weighted by Crippen LogP contribution is -2.34. The van der Waals surface area contributed by atoms with Crippen LogP contribution in [0.5, 0.6) is 0 Å². The van der Waals surface area contributed by atoms with E-state index in [1.54, 1.807) is 12.1 Å². The van der Waals surface area contributed by atoms with Crippen molar-refractivity contribution in [3.05, 3.63) is 71.8 Å². The molecular weight excluding hydrogens is 302 g/mol. The zero-order chi connectivity index (χ0) is 17.4. The molecule has 0 fully saturated rings. The molecule has 4 heteroatoms. The predicted molar refractivity (Wildman–Crippen MR) is 93.2 cm³/mol. The first-order valence-corrected chi connectivity index (χ1v) is 8.21. The molecule has 0 spiro atoms. The van der Waals surface area contributed by atoms with E-state index in [1.165, 1.54) is 0 Å². The lowest BCUT2D eigenvalue weighted by Gasteiger charge is -2.21. The Bertz CT molecular complexity index is 655. The highest BCUT2D eigenvalue weighted by Gasteiger charge is 2.26. The fraction of sp³-hybridized carbons (Fsp3) is 0.300. The van der Waals surface area contributed by atoms with E-state index in [0.29, 0.717) is 18.4 Å². The zero-order valence-corrected chi connectivity index (χ0v) is 14.1. The number of ether oxygens (including phenoxy) is 1. The number of rotatable bonds is 7. The van der Waals surface area contributed by atoms with E-state index in [9.17, 15) is 9.59 Å². The Morgan fingerprint density at radius 2 is 1.50 bits per heavy atom. The molecule has 0 radical (unpaired) electrons. The van der Waals surface area contributed by atoms with Crippen LogP contribution in [0.4, 0.5) is 0 Å². The molecular formula is C20H23NO3. The summed E-state index contributed by atoms with van der Waals surface area (Å²) in [7, 11) is 0. The van der Waals surface area contributed by atoms with Crippen LogP contribution in [0.3, 0.4) is 0 Å². The molecule has 1 amide bonds. The maximum absolute atomic E-state index is 12.7. The summed E-state index contributed by atoms with van der Waals surface area (Å²) in [6.45, 7) is 3.81. The molecule has 0 saturated carbocycles. The molecule has 4 nitrogen and oxygen atoms in total. The van der Waals surface area contributed by atoms with Gasteiger partial charge in [0.15, 0.2) is 0 Å². The summed E-state index contributed by atoms with van der Waals surface area (Å²) in [6.07, 6.45) is 0.0455. The molecule has 0 aromatic heterocycles. The highest BCUT2D eigenvalue weighted by molar-refractivity contribution is 5.85. The molecule has 0 aliphatic carbocycles. The van der Waals surface area contributed by atoms with E-state index in [0.717, 1.165) is 5.56 Å². The molecule has 1 N–H and O–H groups in total. The zero-order valence-electron chi connectivity index (χ0n) is 14.1. The highest BCUT2D eigenvalue weighted by Crippen LogP contribution is 2.21. The summed E-state index contributed by atoms with van der Waals surface area (Å²) in [5.74, 6) is -0.684. The fourth-order valence-corrected chi connectivity index (χ4v) is 2.41. The molecule has 0 bridgehead atoms. The number of hydrogen-bond donors (Lipinski definition) is 1. The van der Waals surface area contributed by atoms with Crippen LogP contribution in [0.25, 0.3) is 0 Å². The van der Waals surface area contributed by atoms with Gasteiger partial charge in [-0.3, -0.25) is 9.59 Å².